The second-order valence-electron chi connectivity index (χ2n) is 7.66. The van der Waals surface area contributed by atoms with Gasteiger partial charge in [0.25, 0.3) is 5.56 Å². The Bertz CT molecular complexity index is 1480. The number of nitrogens with one attached hydrogen (secondary N) is 1. The van der Waals surface area contributed by atoms with Crippen LogP contribution in [0.25, 0.3) is 16.6 Å². The molecule has 0 bridgehead atoms. The van der Waals surface area contributed by atoms with Gasteiger partial charge in [-0.25, -0.2) is 4.98 Å². The van der Waals surface area contributed by atoms with Gasteiger partial charge in [0.15, 0.2) is 5.16 Å². The molecule has 1 amide bonds. The summed E-state index contributed by atoms with van der Waals surface area (Å²) >= 11 is 1.06. The van der Waals surface area contributed by atoms with Crippen molar-refractivity contribution in [1.29, 1.82) is 0 Å². The van der Waals surface area contributed by atoms with E-state index in [1.807, 2.05) is 32.0 Å². The standard InChI is InChI=1S/C24H19FN4O4S/c1-14-9-15(2)11-17(10-14)28-23(31)18-5-3-4-6-20(18)27-24(28)34-13-22(30)26-16-7-8-19(25)21(12-16)29(32)33/h3-12H,13H2,1-2H3,(H,26,30). The van der Waals surface area contributed by atoms with Crippen molar-refractivity contribution in [2.45, 2.75) is 19.0 Å². The lowest BCUT2D eigenvalue weighted by Crippen LogP contribution is -2.23. The van der Waals surface area contributed by atoms with Crippen molar-refractivity contribution < 1.29 is 14.1 Å². The molecule has 172 valence electrons. The third-order valence-electron chi connectivity index (χ3n) is 4.97. The Morgan fingerprint density at radius 3 is 2.53 bits per heavy atom. The fourth-order valence-corrected chi connectivity index (χ4v) is 4.39. The first-order chi connectivity index (χ1) is 16.2. The topological polar surface area (TPSA) is 107 Å². The zero-order chi connectivity index (χ0) is 24.4. The zero-order valence-corrected chi connectivity index (χ0v) is 19.1. The minimum atomic E-state index is -0.991. The van der Waals surface area contributed by atoms with Gasteiger partial charge in [0.05, 0.1) is 27.3 Å². The number of aryl methyl sites for hydroxylation is 2. The molecule has 0 aliphatic rings. The Labute approximate surface area is 197 Å². The highest BCUT2D eigenvalue weighted by atomic mass is 32.2. The Morgan fingerprint density at radius 1 is 1.12 bits per heavy atom. The van der Waals surface area contributed by atoms with Gasteiger partial charge in [0.1, 0.15) is 0 Å². The van der Waals surface area contributed by atoms with Crippen LogP contribution in [0.5, 0.6) is 0 Å². The molecule has 0 spiro atoms. The number of carbonyl (C=O) groups is 1. The minimum absolute atomic E-state index is 0.0943. The lowest BCUT2D eigenvalue weighted by molar-refractivity contribution is -0.387. The molecule has 8 nitrogen and oxygen atoms in total. The van der Waals surface area contributed by atoms with Gasteiger partial charge in [-0.05, 0) is 61.4 Å². The number of hydrogen-bond donors (Lipinski definition) is 1. The molecule has 0 atom stereocenters. The molecular formula is C24H19FN4O4S. The average Bonchev–Trinajstić information content (AvgIpc) is 2.78. The van der Waals surface area contributed by atoms with Crippen LogP contribution in [0.4, 0.5) is 15.8 Å². The number of aromatic nitrogens is 2. The molecule has 0 aliphatic carbocycles. The number of amides is 1. The predicted molar refractivity (Wildman–Crippen MR) is 129 cm³/mol. The minimum Gasteiger partial charge on any atom is -0.325 e. The first-order valence-electron chi connectivity index (χ1n) is 10.2. The van der Waals surface area contributed by atoms with Gasteiger partial charge in [-0.3, -0.25) is 24.3 Å². The van der Waals surface area contributed by atoms with Gasteiger partial charge >= 0.3 is 5.69 Å². The van der Waals surface area contributed by atoms with Crippen LogP contribution in [0.2, 0.25) is 0 Å². The molecule has 1 aromatic heterocycles. The highest BCUT2D eigenvalue weighted by molar-refractivity contribution is 7.99. The predicted octanol–water partition coefficient (Wildman–Crippen LogP) is 4.78. The van der Waals surface area contributed by atoms with Crippen LogP contribution in [0.1, 0.15) is 11.1 Å². The molecule has 1 heterocycles. The average molecular weight is 479 g/mol. The second kappa shape index (κ2) is 9.44. The van der Waals surface area contributed by atoms with Gasteiger partial charge < -0.3 is 5.32 Å². The molecule has 0 saturated carbocycles. The van der Waals surface area contributed by atoms with Crippen LogP contribution >= 0.6 is 11.8 Å². The van der Waals surface area contributed by atoms with E-state index >= 15 is 0 Å². The van der Waals surface area contributed by atoms with Crippen molar-refractivity contribution in [2.24, 2.45) is 0 Å². The summed E-state index contributed by atoms with van der Waals surface area (Å²) in [6.45, 7) is 3.86. The Balaban J connectivity index is 1.66. The lowest BCUT2D eigenvalue weighted by atomic mass is 10.1. The van der Waals surface area contributed by atoms with E-state index in [2.05, 4.69) is 10.3 Å². The van der Waals surface area contributed by atoms with E-state index in [-0.39, 0.29) is 17.0 Å². The number of benzene rings is 3. The summed E-state index contributed by atoms with van der Waals surface area (Å²) in [6.07, 6.45) is 0. The van der Waals surface area contributed by atoms with E-state index in [0.717, 1.165) is 35.0 Å². The van der Waals surface area contributed by atoms with E-state index in [4.69, 9.17) is 0 Å². The smallest absolute Gasteiger partial charge is 0.306 e. The van der Waals surface area contributed by atoms with E-state index in [9.17, 15) is 24.1 Å². The Morgan fingerprint density at radius 2 is 1.82 bits per heavy atom. The molecule has 4 rings (SSSR count). The molecule has 0 saturated heterocycles. The molecule has 0 unspecified atom stereocenters. The maximum atomic E-state index is 13.6. The van der Waals surface area contributed by atoms with E-state index in [0.29, 0.717) is 21.7 Å². The van der Waals surface area contributed by atoms with Gasteiger partial charge in [0.2, 0.25) is 11.7 Å². The number of para-hydroxylation sites is 1. The molecule has 0 fully saturated rings. The number of nitro benzene ring substituents is 1. The molecule has 1 N–H and O–H groups in total. The highest BCUT2D eigenvalue weighted by Gasteiger charge is 2.17. The number of carbonyl (C=O) groups excluding carboxylic acids is 1. The summed E-state index contributed by atoms with van der Waals surface area (Å²) in [6, 6.07) is 15.8. The monoisotopic (exact) mass is 478 g/mol. The SMILES string of the molecule is Cc1cc(C)cc(-n2c(SCC(=O)Nc3ccc(F)c([N+](=O)[O-])c3)nc3ccccc3c2=O)c1. The van der Waals surface area contributed by atoms with Crippen LogP contribution in [0.3, 0.4) is 0 Å². The number of rotatable bonds is 6. The quantitative estimate of drug-likeness (QED) is 0.185. The third-order valence-corrected chi connectivity index (χ3v) is 5.91. The van der Waals surface area contributed by atoms with Gasteiger partial charge in [-0.2, -0.15) is 4.39 Å². The molecular weight excluding hydrogens is 459 g/mol. The molecule has 34 heavy (non-hydrogen) atoms. The summed E-state index contributed by atoms with van der Waals surface area (Å²) in [4.78, 5) is 40.6. The van der Waals surface area contributed by atoms with Crippen molar-refractivity contribution in [3.05, 3.63) is 98.1 Å². The van der Waals surface area contributed by atoms with Crippen LogP contribution in [0.15, 0.2) is 70.6 Å². The number of thioether (sulfide) groups is 1. The van der Waals surface area contributed by atoms with Crippen LogP contribution in [0, 0.1) is 29.8 Å². The van der Waals surface area contributed by atoms with Crippen LogP contribution in [-0.4, -0.2) is 26.1 Å². The normalized spacial score (nSPS) is 10.9. The largest absolute Gasteiger partial charge is 0.325 e. The summed E-state index contributed by atoms with van der Waals surface area (Å²) in [5.41, 5.74) is 2.20. The second-order valence-corrected chi connectivity index (χ2v) is 8.60. The van der Waals surface area contributed by atoms with Crippen molar-refractivity contribution >= 4 is 39.9 Å². The number of nitrogens with zero attached hydrogens (tertiary/aromatic N) is 3. The van der Waals surface area contributed by atoms with E-state index in [1.165, 1.54) is 10.6 Å². The fourth-order valence-electron chi connectivity index (χ4n) is 3.57. The number of hydrogen-bond acceptors (Lipinski definition) is 6. The van der Waals surface area contributed by atoms with Crippen LogP contribution in [-0.2, 0) is 4.79 Å². The first-order valence-corrected chi connectivity index (χ1v) is 11.2. The van der Waals surface area contributed by atoms with Crippen LogP contribution < -0.4 is 10.9 Å². The molecule has 0 radical (unpaired) electrons. The van der Waals surface area contributed by atoms with Gasteiger partial charge in [-0.15, -0.1) is 0 Å². The number of nitro groups is 1. The number of fused-ring (bicyclic) bond motifs is 1. The van der Waals surface area contributed by atoms with Gasteiger partial charge in [0, 0.05) is 11.8 Å². The fraction of sp³-hybridized carbons (Fsp3) is 0.125. The maximum absolute atomic E-state index is 13.6. The third kappa shape index (κ3) is 4.81. The van der Waals surface area contributed by atoms with Crippen molar-refractivity contribution in [1.82, 2.24) is 9.55 Å². The van der Waals surface area contributed by atoms with E-state index < -0.39 is 22.3 Å². The summed E-state index contributed by atoms with van der Waals surface area (Å²) in [5.74, 6) is -1.60. The molecule has 3 aromatic carbocycles. The molecule has 10 heteroatoms. The molecule has 4 aromatic rings. The number of anilines is 1. The summed E-state index contributed by atoms with van der Waals surface area (Å²) in [7, 11) is 0. The van der Waals surface area contributed by atoms with Crippen molar-refractivity contribution in [3.8, 4) is 5.69 Å². The summed E-state index contributed by atoms with van der Waals surface area (Å²) < 4.78 is 15.0. The Kier molecular flexibility index (Phi) is 6.42. The van der Waals surface area contributed by atoms with Crippen molar-refractivity contribution in [3.63, 3.8) is 0 Å². The van der Waals surface area contributed by atoms with E-state index in [1.54, 1.807) is 24.3 Å². The first kappa shape index (κ1) is 23.1. The summed E-state index contributed by atoms with van der Waals surface area (Å²) in [5, 5.41) is 14.2. The maximum Gasteiger partial charge on any atom is 0.306 e. The number of halogens is 1. The highest BCUT2D eigenvalue weighted by Crippen LogP contribution is 2.24. The molecule has 0 aliphatic heterocycles. The Hall–Kier alpha value is -4.05. The lowest BCUT2D eigenvalue weighted by Gasteiger charge is -2.14. The van der Waals surface area contributed by atoms with Gasteiger partial charge in [-0.1, -0.05) is 30.0 Å². The van der Waals surface area contributed by atoms with Crippen molar-refractivity contribution in [2.75, 3.05) is 11.1 Å². The zero-order valence-electron chi connectivity index (χ0n) is 18.2.